The van der Waals surface area contributed by atoms with Crippen molar-refractivity contribution in [2.45, 2.75) is 38.6 Å². The van der Waals surface area contributed by atoms with Crippen LogP contribution < -0.4 is 10.6 Å². The number of hydrogen-bond acceptors (Lipinski definition) is 2. The summed E-state index contributed by atoms with van der Waals surface area (Å²) in [5.41, 5.74) is 0.589. The Bertz CT molecular complexity index is 105. The average Bonchev–Trinajstić information content (AvgIpc) is 2.07. The molecule has 2 aliphatic rings. The fourth-order valence-electron chi connectivity index (χ4n) is 1.81. The van der Waals surface area contributed by atoms with Crippen molar-refractivity contribution in [3.63, 3.8) is 0 Å². The molecule has 0 saturated carbocycles. The van der Waals surface area contributed by atoms with Gasteiger partial charge in [0.25, 0.3) is 0 Å². The third-order valence-electron chi connectivity index (χ3n) is 2.66. The standard InChI is InChI=1S/C7H14N2.C2H6.H2/c1-4-8-5-2-7(1)3-6-9-7;1-2;/h8-9H,1-6H2;1-2H3;1H. The first-order chi connectivity index (χ1) is 5.41. The third kappa shape index (κ3) is 1.94. The highest BCUT2D eigenvalue weighted by molar-refractivity contribution is 4.99. The Balaban J connectivity index is 0.000000378. The van der Waals surface area contributed by atoms with Crippen molar-refractivity contribution in [1.82, 2.24) is 10.6 Å². The molecule has 11 heavy (non-hydrogen) atoms. The molecule has 1 spiro atoms. The SMILES string of the molecule is C1CC2(CCN1)CCN2.CC.[HH]. The van der Waals surface area contributed by atoms with E-state index < -0.39 is 0 Å². The molecule has 0 aromatic carbocycles. The van der Waals surface area contributed by atoms with E-state index in [0.717, 1.165) is 0 Å². The van der Waals surface area contributed by atoms with Crippen molar-refractivity contribution in [3.8, 4) is 0 Å². The van der Waals surface area contributed by atoms with Gasteiger partial charge in [-0.3, -0.25) is 0 Å². The zero-order valence-corrected chi connectivity index (χ0v) is 7.74. The molecular weight excluding hydrogens is 136 g/mol. The van der Waals surface area contributed by atoms with E-state index in [2.05, 4.69) is 10.6 Å². The van der Waals surface area contributed by atoms with Crippen LogP contribution in [0.3, 0.4) is 0 Å². The van der Waals surface area contributed by atoms with Crippen LogP contribution in [0.5, 0.6) is 0 Å². The van der Waals surface area contributed by atoms with E-state index in [4.69, 9.17) is 0 Å². The fourth-order valence-corrected chi connectivity index (χ4v) is 1.81. The Hall–Kier alpha value is -0.0800. The lowest BCUT2D eigenvalue weighted by Crippen LogP contribution is -2.61. The summed E-state index contributed by atoms with van der Waals surface area (Å²) >= 11 is 0. The van der Waals surface area contributed by atoms with Crippen LogP contribution in [0.2, 0.25) is 0 Å². The van der Waals surface area contributed by atoms with Gasteiger partial charge in [-0.05, 0) is 38.9 Å². The second-order valence-corrected chi connectivity index (χ2v) is 3.21. The minimum Gasteiger partial charge on any atom is -0.317 e. The van der Waals surface area contributed by atoms with Gasteiger partial charge < -0.3 is 10.6 Å². The van der Waals surface area contributed by atoms with Gasteiger partial charge in [0.05, 0.1) is 0 Å². The van der Waals surface area contributed by atoms with E-state index in [-0.39, 0.29) is 1.43 Å². The van der Waals surface area contributed by atoms with Gasteiger partial charge >= 0.3 is 0 Å². The zero-order chi connectivity index (χ0) is 8.16. The van der Waals surface area contributed by atoms with Gasteiger partial charge in [0.1, 0.15) is 0 Å². The van der Waals surface area contributed by atoms with Crippen LogP contribution in [-0.2, 0) is 0 Å². The molecule has 2 saturated heterocycles. The Morgan fingerprint density at radius 1 is 1.00 bits per heavy atom. The molecule has 2 nitrogen and oxygen atoms in total. The lowest BCUT2D eigenvalue weighted by Gasteiger charge is -2.46. The van der Waals surface area contributed by atoms with E-state index in [1.165, 1.54) is 38.9 Å². The summed E-state index contributed by atoms with van der Waals surface area (Å²) in [7, 11) is 0. The summed E-state index contributed by atoms with van der Waals surface area (Å²) in [5.74, 6) is 0. The molecule has 0 aromatic heterocycles. The van der Waals surface area contributed by atoms with Crippen molar-refractivity contribution in [3.05, 3.63) is 0 Å². The first kappa shape index (κ1) is 9.01. The molecule has 68 valence electrons. The Labute approximate surface area is 71.2 Å². The number of hydrogen-bond donors (Lipinski definition) is 2. The molecule has 0 atom stereocenters. The topological polar surface area (TPSA) is 24.1 Å². The lowest BCUT2D eigenvalue weighted by molar-refractivity contribution is 0.153. The molecule has 2 rings (SSSR count). The molecule has 0 unspecified atom stereocenters. The number of nitrogens with one attached hydrogen (secondary N) is 2. The second-order valence-electron chi connectivity index (χ2n) is 3.21. The predicted octanol–water partition coefficient (Wildman–Crippen LogP) is 1.37. The molecular formula is C9H22N2. The van der Waals surface area contributed by atoms with Crippen LogP contribution in [-0.4, -0.2) is 25.2 Å². The summed E-state index contributed by atoms with van der Waals surface area (Å²) in [5, 5.41) is 6.89. The minimum absolute atomic E-state index is 0. The zero-order valence-electron chi connectivity index (χ0n) is 7.74. The first-order valence-electron chi connectivity index (χ1n) is 4.87. The molecule has 0 aromatic rings. The lowest BCUT2D eigenvalue weighted by atomic mass is 9.80. The Kier molecular flexibility index (Phi) is 3.34. The summed E-state index contributed by atoms with van der Waals surface area (Å²) < 4.78 is 0. The monoisotopic (exact) mass is 158 g/mol. The molecule has 2 N–H and O–H groups in total. The molecule has 2 heterocycles. The molecule has 0 radical (unpaired) electrons. The highest BCUT2D eigenvalue weighted by Gasteiger charge is 2.36. The van der Waals surface area contributed by atoms with Gasteiger partial charge in [-0.2, -0.15) is 0 Å². The maximum Gasteiger partial charge on any atom is 0.0217 e. The maximum absolute atomic E-state index is 3.52. The summed E-state index contributed by atoms with van der Waals surface area (Å²) in [6.07, 6.45) is 4.09. The number of rotatable bonds is 0. The smallest absolute Gasteiger partial charge is 0.0217 e. The van der Waals surface area contributed by atoms with Crippen LogP contribution in [0.1, 0.15) is 34.5 Å². The van der Waals surface area contributed by atoms with Gasteiger partial charge in [-0.1, -0.05) is 13.8 Å². The quantitative estimate of drug-likeness (QED) is 0.556. The van der Waals surface area contributed by atoms with Crippen molar-refractivity contribution < 1.29 is 1.43 Å². The molecule has 2 fully saturated rings. The van der Waals surface area contributed by atoms with E-state index >= 15 is 0 Å². The molecule has 2 heteroatoms. The molecule has 0 bridgehead atoms. The maximum atomic E-state index is 3.52. The van der Waals surface area contributed by atoms with Gasteiger partial charge in [-0.25, -0.2) is 0 Å². The van der Waals surface area contributed by atoms with Gasteiger partial charge in [0.15, 0.2) is 0 Å². The van der Waals surface area contributed by atoms with E-state index in [1.807, 2.05) is 13.8 Å². The van der Waals surface area contributed by atoms with E-state index in [9.17, 15) is 0 Å². The second kappa shape index (κ2) is 4.07. The normalized spacial score (nSPS) is 26.7. The van der Waals surface area contributed by atoms with Crippen LogP contribution in [0.15, 0.2) is 0 Å². The van der Waals surface area contributed by atoms with Crippen molar-refractivity contribution in [1.29, 1.82) is 0 Å². The van der Waals surface area contributed by atoms with Crippen LogP contribution in [0.4, 0.5) is 0 Å². The summed E-state index contributed by atoms with van der Waals surface area (Å²) in [4.78, 5) is 0. The fraction of sp³-hybridized carbons (Fsp3) is 1.00. The Morgan fingerprint density at radius 2 is 1.55 bits per heavy atom. The van der Waals surface area contributed by atoms with Crippen LogP contribution >= 0.6 is 0 Å². The summed E-state index contributed by atoms with van der Waals surface area (Å²) in [6, 6.07) is 0. The molecule has 0 amide bonds. The van der Waals surface area contributed by atoms with E-state index in [1.54, 1.807) is 0 Å². The van der Waals surface area contributed by atoms with Crippen molar-refractivity contribution >= 4 is 0 Å². The highest BCUT2D eigenvalue weighted by Crippen LogP contribution is 2.27. The highest BCUT2D eigenvalue weighted by atomic mass is 15.1. The van der Waals surface area contributed by atoms with Crippen molar-refractivity contribution in [2.75, 3.05) is 19.6 Å². The number of piperidine rings is 1. The summed E-state index contributed by atoms with van der Waals surface area (Å²) in [6.45, 7) is 7.68. The minimum atomic E-state index is 0. The van der Waals surface area contributed by atoms with Crippen molar-refractivity contribution in [2.24, 2.45) is 0 Å². The predicted molar refractivity (Wildman–Crippen MR) is 50.9 cm³/mol. The van der Waals surface area contributed by atoms with Gasteiger partial charge in [0.2, 0.25) is 0 Å². The van der Waals surface area contributed by atoms with Gasteiger partial charge in [-0.15, -0.1) is 0 Å². The van der Waals surface area contributed by atoms with Crippen LogP contribution in [0, 0.1) is 0 Å². The Morgan fingerprint density at radius 3 is 1.82 bits per heavy atom. The first-order valence-corrected chi connectivity index (χ1v) is 4.87. The molecule has 0 aliphatic carbocycles. The third-order valence-corrected chi connectivity index (χ3v) is 2.66. The van der Waals surface area contributed by atoms with Gasteiger partial charge in [0, 0.05) is 6.97 Å². The largest absolute Gasteiger partial charge is 0.317 e. The molecule has 2 aliphatic heterocycles. The average molecular weight is 158 g/mol. The van der Waals surface area contributed by atoms with E-state index in [0.29, 0.717) is 5.54 Å². The van der Waals surface area contributed by atoms with Crippen LogP contribution in [0.25, 0.3) is 0 Å².